The molecule has 102 valence electrons. The number of ether oxygens (including phenoxy) is 1. The Morgan fingerprint density at radius 2 is 2.16 bits per heavy atom. The van der Waals surface area contributed by atoms with Crippen molar-refractivity contribution in [1.29, 1.82) is 0 Å². The number of aromatic nitrogens is 2. The predicted octanol–water partition coefficient (Wildman–Crippen LogP) is 3.03. The largest absolute Gasteiger partial charge is 0.504 e. The molecule has 0 spiro atoms. The van der Waals surface area contributed by atoms with Crippen LogP contribution in [0, 0.1) is 18.6 Å². The zero-order chi connectivity index (χ0) is 13.6. The van der Waals surface area contributed by atoms with Crippen molar-refractivity contribution >= 4 is 10.9 Å². The lowest BCUT2D eigenvalue weighted by Gasteiger charge is -2.23. The highest BCUT2D eigenvalue weighted by Gasteiger charge is 2.25. The Hall–Kier alpha value is -1.69. The Bertz CT molecular complexity index is 633. The average molecular weight is 268 g/mol. The molecular weight excluding hydrogens is 254 g/mol. The molecule has 1 aromatic carbocycles. The van der Waals surface area contributed by atoms with Gasteiger partial charge < -0.3 is 9.84 Å². The number of hydrogen-bond donors (Lipinski definition) is 1. The van der Waals surface area contributed by atoms with Gasteiger partial charge in [-0.2, -0.15) is 5.10 Å². The van der Waals surface area contributed by atoms with Crippen LogP contribution in [-0.4, -0.2) is 21.5 Å². The van der Waals surface area contributed by atoms with Gasteiger partial charge in [0.2, 0.25) is 0 Å². The van der Waals surface area contributed by atoms with Crippen LogP contribution in [0.25, 0.3) is 10.9 Å². The van der Waals surface area contributed by atoms with E-state index in [4.69, 9.17) is 4.74 Å². The summed E-state index contributed by atoms with van der Waals surface area (Å²) in [4.78, 5) is 0. The molecule has 0 radical (unpaired) electrons. The van der Waals surface area contributed by atoms with E-state index in [1.807, 2.05) is 0 Å². The highest BCUT2D eigenvalue weighted by Crippen LogP contribution is 2.35. The van der Waals surface area contributed by atoms with E-state index >= 15 is 0 Å². The van der Waals surface area contributed by atoms with Crippen molar-refractivity contribution in [2.75, 3.05) is 6.61 Å². The van der Waals surface area contributed by atoms with Gasteiger partial charge >= 0.3 is 0 Å². The lowest BCUT2D eigenvalue weighted by atomic mass is 10.1. The highest BCUT2D eigenvalue weighted by atomic mass is 19.1. The second kappa shape index (κ2) is 4.45. The van der Waals surface area contributed by atoms with Crippen molar-refractivity contribution < 1.29 is 18.6 Å². The molecule has 1 aliphatic heterocycles. The Morgan fingerprint density at radius 1 is 1.37 bits per heavy atom. The number of aromatic hydroxyl groups is 1. The van der Waals surface area contributed by atoms with Gasteiger partial charge in [0.05, 0.1) is 11.6 Å². The van der Waals surface area contributed by atoms with Gasteiger partial charge in [-0.25, -0.2) is 13.5 Å². The SMILES string of the molecule is Cc1c(F)c(O)c2cnn(C3CCCCO3)c2c1F. The minimum absolute atomic E-state index is 0.0785. The van der Waals surface area contributed by atoms with Crippen LogP contribution in [0.15, 0.2) is 6.20 Å². The van der Waals surface area contributed by atoms with E-state index in [2.05, 4.69) is 5.10 Å². The minimum atomic E-state index is -0.936. The Balaban J connectivity index is 2.22. The first kappa shape index (κ1) is 12.3. The summed E-state index contributed by atoms with van der Waals surface area (Å²) < 4.78 is 34.8. The van der Waals surface area contributed by atoms with Crippen LogP contribution in [-0.2, 0) is 4.74 Å². The quantitative estimate of drug-likeness (QED) is 0.864. The number of halogens is 2. The van der Waals surface area contributed by atoms with E-state index in [9.17, 15) is 13.9 Å². The maximum atomic E-state index is 14.2. The van der Waals surface area contributed by atoms with Crippen molar-refractivity contribution in [3.05, 3.63) is 23.4 Å². The molecule has 1 unspecified atom stereocenters. The van der Waals surface area contributed by atoms with Crippen molar-refractivity contribution in [2.45, 2.75) is 32.4 Å². The predicted molar refractivity (Wildman–Crippen MR) is 64.9 cm³/mol. The summed E-state index contributed by atoms with van der Waals surface area (Å²) in [5.41, 5.74) is -0.106. The number of benzene rings is 1. The Kier molecular flexibility index (Phi) is 2.89. The third kappa shape index (κ3) is 1.78. The Labute approximate surface area is 108 Å². The minimum Gasteiger partial charge on any atom is -0.504 e. The van der Waals surface area contributed by atoms with Gasteiger partial charge in [-0.1, -0.05) is 0 Å². The van der Waals surface area contributed by atoms with E-state index in [0.717, 1.165) is 19.3 Å². The number of nitrogens with zero attached hydrogens (tertiary/aromatic N) is 2. The second-order valence-corrected chi connectivity index (χ2v) is 4.77. The van der Waals surface area contributed by atoms with Gasteiger partial charge in [-0.15, -0.1) is 0 Å². The van der Waals surface area contributed by atoms with Crippen LogP contribution >= 0.6 is 0 Å². The fraction of sp³-hybridized carbons (Fsp3) is 0.462. The highest BCUT2D eigenvalue weighted by molar-refractivity contribution is 5.86. The third-order valence-corrected chi connectivity index (χ3v) is 3.55. The molecule has 4 nitrogen and oxygen atoms in total. The van der Waals surface area contributed by atoms with E-state index in [0.29, 0.717) is 6.61 Å². The first-order valence-corrected chi connectivity index (χ1v) is 6.26. The van der Waals surface area contributed by atoms with Crippen molar-refractivity contribution in [2.24, 2.45) is 0 Å². The summed E-state index contributed by atoms with van der Waals surface area (Å²) in [5, 5.41) is 13.9. The van der Waals surface area contributed by atoms with Gasteiger partial charge in [0.25, 0.3) is 0 Å². The van der Waals surface area contributed by atoms with Crippen molar-refractivity contribution in [1.82, 2.24) is 9.78 Å². The molecular formula is C13H14F2N2O2. The van der Waals surface area contributed by atoms with Gasteiger partial charge in [0.1, 0.15) is 5.52 Å². The number of phenolic OH excluding ortho intramolecular Hbond substituents is 1. The zero-order valence-electron chi connectivity index (χ0n) is 10.5. The van der Waals surface area contributed by atoms with Crippen LogP contribution in [0.2, 0.25) is 0 Å². The first-order chi connectivity index (χ1) is 9.11. The molecule has 1 aliphatic rings. The van der Waals surface area contributed by atoms with Gasteiger partial charge in [-0.3, -0.25) is 0 Å². The van der Waals surface area contributed by atoms with E-state index in [1.165, 1.54) is 17.8 Å². The fourth-order valence-electron chi connectivity index (χ4n) is 2.46. The van der Waals surface area contributed by atoms with E-state index in [-0.39, 0.29) is 22.7 Å². The monoisotopic (exact) mass is 268 g/mol. The molecule has 19 heavy (non-hydrogen) atoms. The summed E-state index contributed by atoms with van der Waals surface area (Å²) >= 11 is 0. The van der Waals surface area contributed by atoms with Crippen LogP contribution in [0.3, 0.4) is 0 Å². The summed E-state index contributed by atoms with van der Waals surface area (Å²) in [6, 6.07) is 0. The van der Waals surface area contributed by atoms with Gasteiger partial charge in [-0.05, 0) is 26.2 Å². The maximum absolute atomic E-state index is 14.2. The lowest BCUT2D eigenvalue weighted by Crippen LogP contribution is -2.19. The lowest BCUT2D eigenvalue weighted by molar-refractivity contribution is -0.0369. The van der Waals surface area contributed by atoms with Gasteiger partial charge in [0, 0.05) is 12.2 Å². The summed E-state index contributed by atoms with van der Waals surface area (Å²) in [7, 11) is 0. The normalized spacial score (nSPS) is 20.1. The number of phenols is 1. The first-order valence-electron chi connectivity index (χ1n) is 6.26. The van der Waals surface area contributed by atoms with Crippen molar-refractivity contribution in [3.63, 3.8) is 0 Å². The summed E-state index contributed by atoms with van der Waals surface area (Å²) in [6.45, 7) is 1.89. The second-order valence-electron chi connectivity index (χ2n) is 4.77. The summed E-state index contributed by atoms with van der Waals surface area (Å²) in [6.07, 6.45) is 3.59. The molecule has 0 amide bonds. The number of fused-ring (bicyclic) bond motifs is 1. The number of hydrogen-bond acceptors (Lipinski definition) is 3. The van der Waals surface area contributed by atoms with Crippen molar-refractivity contribution in [3.8, 4) is 5.75 Å². The molecule has 6 heteroatoms. The molecule has 0 bridgehead atoms. The molecule has 0 saturated carbocycles. The third-order valence-electron chi connectivity index (χ3n) is 3.55. The number of rotatable bonds is 1. The Morgan fingerprint density at radius 3 is 2.84 bits per heavy atom. The van der Waals surface area contributed by atoms with Crippen LogP contribution in [0.4, 0.5) is 8.78 Å². The molecule has 0 aliphatic carbocycles. The molecule has 1 saturated heterocycles. The molecule has 3 rings (SSSR count). The summed E-state index contributed by atoms with van der Waals surface area (Å²) in [5.74, 6) is -2.19. The maximum Gasteiger partial charge on any atom is 0.171 e. The molecule has 1 fully saturated rings. The van der Waals surface area contributed by atoms with Gasteiger partial charge in [0.15, 0.2) is 23.6 Å². The molecule has 1 N–H and O–H groups in total. The zero-order valence-corrected chi connectivity index (χ0v) is 10.5. The molecule has 1 aromatic heterocycles. The smallest absolute Gasteiger partial charge is 0.171 e. The van der Waals surface area contributed by atoms with E-state index < -0.39 is 17.4 Å². The van der Waals surface area contributed by atoms with E-state index in [1.54, 1.807) is 0 Å². The molecule has 2 heterocycles. The molecule has 2 aromatic rings. The van der Waals surface area contributed by atoms with Crippen LogP contribution < -0.4 is 0 Å². The average Bonchev–Trinajstić information content (AvgIpc) is 2.88. The van der Waals surface area contributed by atoms with Crippen LogP contribution in [0.1, 0.15) is 31.1 Å². The van der Waals surface area contributed by atoms with Crippen LogP contribution in [0.5, 0.6) is 5.75 Å². The standard InChI is InChI=1S/C13H14F2N2O2/c1-7-10(14)12-8(13(18)11(7)15)6-16-17(12)9-4-2-3-5-19-9/h6,9,18H,2-5H2,1H3. The topological polar surface area (TPSA) is 47.3 Å². The molecule has 1 atom stereocenters. The fourth-order valence-corrected chi connectivity index (χ4v) is 2.46.